The van der Waals surface area contributed by atoms with Gasteiger partial charge in [0, 0.05) is 38.2 Å². The lowest BCUT2D eigenvalue weighted by Crippen LogP contribution is -2.44. The molecule has 0 aromatic carbocycles. The minimum absolute atomic E-state index is 0.105. The summed E-state index contributed by atoms with van der Waals surface area (Å²) in [5.74, 6) is -0.212. The van der Waals surface area contributed by atoms with Crippen LogP contribution in [0.4, 0.5) is 11.4 Å². The first-order valence-corrected chi connectivity index (χ1v) is 25.9. The van der Waals surface area contributed by atoms with Crippen LogP contribution in [0.15, 0.2) is 41.8 Å². The second kappa shape index (κ2) is 19.6. The van der Waals surface area contributed by atoms with Crippen molar-refractivity contribution in [2.24, 2.45) is 0 Å². The van der Waals surface area contributed by atoms with Crippen LogP contribution in [-0.2, 0) is 0 Å². The van der Waals surface area contributed by atoms with Gasteiger partial charge in [0.05, 0.1) is 38.8 Å². The maximum atomic E-state index is 14.2. The summed E-state index contributed by atoms with van der Waals surface area (Å²) >= 11 is 9.02. The van der Waals surface area contributed by atoms with Crippen LogP contribution in [0.2, 0.25) is 0 Å². The van der Waals surface area contributed by atoms with E-state index in [9.17, 15) is 9.59 Å². The van der Waals surface area contributed by atoms with Gasteiger partial charge in [-0.2, -0.15) is 0 Å². The molecule has 0 radical (unpaired) electrons. The molecule has 4 nitrogen and oxygen atoms in total. The first-order valence-electron chi connectivity index (χ1n) is 21.7. The van der Waals surface area contributed by atoms with Crippen molar-refractivity contribution in [3.05, 3.63) is 57.8 Å². The fourth-order valence-electron chi connectivity index (χ4n) is 8.79. The highest BCUT2D eigenvalue weighted by Crippen LogP contribution is 2.61. The van der Waals surface area contributed by atoms with E-state index in [1.807, 2.05) is 22.7 Å². The number of quaternary nitrogens is 1. The first kappa shape index (κ1) is 41.7. The predicted octanol–water partition coefficient (Wildman–Crippen LogP) is 16.6. The Balaban J connectivity index is 1.18. The molecule has 300 valence electrons. The molecule has 9 heteroatoms. The summed E-state index contributed by atoms with van der Waals surface area (Å²) in [6.45, 7) is 11.8. The molecule has 5 aromatic heterocycles. The van der Waals surface area contributed by atoms with Crippen molar-refractivity contribution in [3.63, 3.8) is 0 Å². The van der Waals surface area contributed by atoms with E-state index in [4.69, 9.17) is 0 Å². The van der Waals surface area contributed by atoms with E-state index in [1.165, 1.54) is 145 Å². The Bertz CT molecular complexity index is 2060. The molecule has 0 unspecified atom stereocenters. The molecule has 56 heavy (non-hydrogen) atoms. The number of hydrogen-bond acceptors (Lipinski definition) is 7. The molecule has 0 saturated heterocycles. The Morgan fingerprint density at radius 3 is 1.62 bits per heavy atom. The highest BCUT2D eigenvalue weighted by molar-refractivity contribution is 7.30. The fraction of sp³-hybridized carbons (Fsp3) is 0.532. The van der Waals surface area contributed by atoms with Gasteiger partial charge in [-0.3, -0.25) is 19.0 Å². The Hall–Kier alpha value is -2.40. The third-order valence-corrected chi connectivity index (χ3v) is 17.9. The number of carbonyl (C=O) groups excluding carboxylic acids is 2. The molecule has 2 aliphatic rings. The molecule has 7 heterocycles. The normalized spacial score (nSPS) is 14.3. The standard InChI is InChI=1S/C47H61N2O2S5/c1-5-8-11-14-17-20-28-48-46(50)40-41(47(48)51)45(56-44(40)37-24-23-33(4)53-37)38-26-25-36(54-38)39-32-35-43(55-39)42-34(27-31-52-42)49(35,29-21-18-15-12-9-6-2)30-22-19-16-13-10-7-3/h23-27,31-32H,5-22,28-30H2,1-4H3/q+1. The van der Waals surface area contributed by atoms with Gasteiger partial charge in [0.2, 0.25) is 0 Å². The number of aryl methyl sites for hydroxylation is 1. The highest BCUT2D eigenvalue weighted by atomic mass is 32.1. The van der Waals surface area contributed by atoms with E-state index in [2.05, 4.69) is 69.5 Å². The number of carbonyl (C=O) groups is 2. The number of imide groups is 1. The minimum Gasteiger partial charge on any atom is -0.274 e. The van der Waals surface area contributed by atoms with Crippen LogP contribution < -0.4 is 4.48 Å². The van der Waals surface area contributed by atoms with E-state index < -0.39 is 0 Å². The second-order valence-electron chi connectivity index (χ2n) is 16.0. The summed E-state index contributed by atoms with van der Waals surface area (Å²) in [5, 5.41) is 2.32. The van der Waals surface area contributed by atoms with Gasteiger partial charge in [-0.1, -0.05) is 104 Å². The van der Waals surface area contributed by atoms with Gasteiger partial charge in [-0.05, 0) is 68.7 Å². The number of rotatable bonds is 24. The van der Waals surface area contributed by atoms with Crippen molar-refractivity contribution in [3.8, 4) is 39.0 Å². The second-order valence-corrected chi connectivity index (χ2v) is 21.4. The first-order chi connectivity index (χ1) is 27.4. The van der Waals surface area contributed by atoms with Crippen molar-refractivity contribution >= 4 is 79.9 Å². The third kappa shape index (κ3) is 8.65. The average Bonchev–Trinajstić information content (AvgIpc) is 4.06. The molecule has 7 rings (SSSR count). The zero-order valence-electron chi connectivity index (χ0n) is 34.1. The predicted molar refractivity (Wildman–Crippen MR) is 249 cm³/mol. The molecule has 0 spiro atoms. The number of thiophene rings is 5. The lowest BCUT2D eigenvalue weighted by Gasteiger charge is -2.34. The summed E-state index contributed by atoms with van der Waals surface area (Å²) in [5.41, 5.74) is 4.31. The van der Waals surface area contributed by atoms with Gasteiger partial charge < -0.3 is 0 Å². The molecule has 2 amide bonds. The monoisotopic (exact) mass is 845 g/mol. The summed E-state index contributed by atoms with van der Waals surface area (Å²) < 4.78 is 1.01. The van der Waals surface area contributed by atoms with Crippen LogP contribution in [0, 0.1) is 6.92 Å². The quantitative estimate of drug-likeness (QED) is 0.0352. The van der Waals surface area contributed by atoms with Crippen molar-refractivity contribution in [1.82, 2.24) is 9.38 Å². The van der Waals surface area contributed by atoms with E-state index in [-0.39, 0.29) is 11.8 Å². The summed E-state index contributed by atoms with van der Waals surface area (Å²) in [4.78, 5) is 40.6. The van der Waals surface area contributed by atoms with Crippen LogP contribution in [0.3, 0.4) is 0 Å². The van der Waals surface area contributed by atoms with Crippen molar-refractivity contribution in [1.29, 1.82) is 0 Å². The van der Waals surface area contributed by atoms with Gasteiger partial charge in [-0.15, -0.1) is 56.7 Å². The molecular formula is C47H61N2O2S5+. The Labute approximate surface area is 356 Å². The Kier molecular flexibility index (Phi) is 14.6. The smallest absolute Gasteiger partial charge is 0.263 e. The van der Waals surface area contributed by atoms with Crippen molar-refractivity contribution in [2.75, 3.05) is 19.6 Å². The van der Waals surface area contributed by atoms with E-state index >= 15 is 0 Å². The molecule has 0 aliphatic carbocycles. The van der Waals surface area contributed by atoms with Crippen LogP contribution in [0.1, 0.15) is 162 Å². The zero-order valence-corrected chi connectivity index (χ0v) is 38.2. The summed E-state index contributed by atoms with van der Waals surface area (Å²) in [6, 6.07) is 13.7. The van der Waals surface area contributed by atoms with Crippen LogP contribution in [0.25, 0.3) is 39.0 Å². The molecule has 0 N–H and O–H groups in total. The van der Waals surface area contributed by atoms with Gasteiger partial charge >= 0.3 is 0 Å². The van der Waals surface area contributed by atoms with Gasteiger partial charge in [-0.25, -0.2) is 0 Å². The third-order valence-electron chi connectivity index (χ3n) is 11.9. The molecule has 0 atom stereocenters. The van der Waals surface area contributed by atoms with Gasteiger partial charge in [0.25, 0.3) is 11.8 Å². The van der Waals surface area contributed by atoms with Crippen LogP contribution >= 0.6 is 56.7 Å². The van der Waals surface area contributed by atoms with Crippen LogP contribution in [0.5, 0.6) is 0 Å². The molecular weight excluding hydrogens is 785 g/mol. The van der Waals surface area contributed by atoms with E-state index in [0.717, 1.165) is 43.3 Å². The van der Waals surface area contributed by atoms with Gasteiger partial charge in [0.15, 0.2) is 11.4 Å². The summed E-state index contributed by atoms with van der Waals surface area (Å²) in [6.07, 6.45) is 22.6. The molecule has 5 aromatic rings. The number of nitrogens with zero attached hydrogens (tertiary/aromatic N) is 2. The number of amides is 2. The highest BCUT2D eigenvalue weighted by Gasteiger charge is 2.46. The lowest BCUT2D eigenvalue weighted by molar-refractivity contribution is 0.0652. The maximum absolute atomic E-state index is 14.2. The zero-order chi connectivity index (χ0) is 39.1. The number of fused-ring (bicyclic) bond motifs is 4. The Morgan fingerprint density at radius 2 is 1.04 bits per heavy atom. The van der Waals surface area contributed by atoms with Crippen molar-refractivity contribution in [2.45, 2.75) is 143 Å². The molecule has 0 bridgehead atoms. The van der Waals surface area contributed by atoms with Gasteiger partial charge in [0.1, 0.15) is 9.75 Å². The maximum Gasteiger partial charge on any atom is 0.263 e. The minimum atomic E-state index is -0.106. The number of hydrogen-bond donors (Lipinski definition) is 0. The van der Waals surface area contributed by atoms with Crippen molar-refractivity contribution < 1.29 is 9.59 Å². The molecule has 0 fully saturated rings. The topological polar surface area (TPSA) is 37.4 Å². The molecule has 0 saturated carbocycles. The lowest BCUT2D eigenvalue weighted by atomic mass is 10.1. The SMILES string of the molecule is CCCCCCCCN1C(=O)c2c(-c3ccc(C)s3)sc(-c3ccc(-c4cc5c(s4)-c4sccc4[N+]5(CCCCCCCC)CCCCCCCC)s3)c2C1=O. The summed E-state index contributed by atoms with van der Waals surface area (Å²) in [7, 11) is 0. The average molecular weight is 846 g/mol. The Morgan fingerprint density at radius 1 is 0.500 bits per heavy atom. The molecule has 2 aliphatic heterocycles. The number of unbranched alkanes of at least 4 members (excludes halogenated alkanes) is 15. The van der Waals surface area contributed by atoms with E-state index in [1.54, 1.807) is 38.9 Å². The van der Waals surface area contributed by atoms with E-state index in [0.29, 0.717) is 17.7 Å². The largest absolute Gasteiger partial charge is 0.274 e. The fourth-order valence-corrected chi connectivity index (χ4v) is 14.6. The van der Waals surface area contributed by atoms with Crippen LogP contribution in [-0.4, -0.2) is 36.3 Å².